The van der Waals surface area contributed by atoms with E-state index in [4.69, 9.17) is 0 Å². The molecule has 0 saturated carbocycles. The van der Waals surface area contributed by atoms with Crippen molar-refractivity contribution in [3.8, 4) is 0 Å². The van der Waals surface area contributed by atoms with Crippen molar-refractivity contribution in [2.75, 3.05) is 31.5 Å². The highest BCUT2D eigenvalue weighted by atomic mass is 32.2. The largest absolute Gasteiger partial charge is 0.382 e. The van der Waals surface area contributed by atoms with Gasteiger partial charge in [-0.25, -0.2) is 8.42 Å². The molecule has 1 atom stereocenters. The van der Waals surface area contributed by atoms with Crippen LogP contribution < -0.4 is 5.32 Å². The van der Waals surface area contributed by atoms with Gasteiger partial charge in [0.25, 0.3) is 0 Å². The first-order valence-electron chi connectivity index (χ1n) is 9.18. The van der Waals surface area contributed by atoms with Crippen LogP contribution in [0, 0.1) is 0 Å². The SMILES string of the molecule is C[C@H]1Cc2cc(S(=O)(=O)N3CCN(Cc4ccccc4)CC3)ccc2N1. The van der Waals surface area contributed by atoms with Crippen molar-refractivity contribution >= 4 is 15.7 Å². The molecule has 26 heavy (non-hydrogen) atoms. The first-order valence-corrected chi connectivity index (χ1v) is 10.6. The quantitative estimate of drug-likeness (QED) is 0.897. The molecule has 1 saturated heterocycles. The summed E-state index contributed by atoms with van der Waals surface area (Å²) in [7, 11) is -3.42. The highest BCUT2D eigenvalue weighted by Gasteiger charge is 2.29. The van der Waals surface area contributed by atoms with Gasteiger partial charge >= 0.3 is 0 Å². The number of fused-ring (bicyclic) bond motifs is 1. The van der Waals surface area contributed by atoms with Gasteiger partial charge in [-0.05, 0) is 42.7 Å². The van der Waals surface area contributed by atoms with E-state index in [0.717, 1.165) is 37.3 Å². The Hall–Kier alpha value is -1.89. The van der Waals surface area contributed by atoms with Gasteiger partial charge in [0, 0.05) is 44.5 Å². The lowest BCUT2D eigenvalue weighted by Crippen LogP contribution is -2.48. The molecule has 2 aromatic carbocycles. The van der Waals surface area contributed by atoms with Crippen LogP contribution in [0.5, 0.6) is 0 Å². The minimum Gasteiger partial charge on any atom is -0.382 e. The maximum Gasteiger partial charge on any atom is 0.243 e. The number of rotatable bonds is 4. The van der Waals surface area contributed by atoms with Gasteiger partial charge in [0.15, 0.2) is 0 Å². The topological polar surface area (TPSA) is 52.7 Å². The third kappa shape index (κ3) is 3.49. The van der Waals surface area contributed by atoms with Crippen molar-refractivity contribution in [1.82, 2.24) is 9.21 Å². The van der Waals surface area contributed by atoms with E-state index in [1.54, 1.807) is 10.4 Å². The standard InChI is InChI=1S/C20H25N3O2S/c1-16-13-18-14-19(7-8-20(18)21-16)26(24,25)23-11-9-22(10-12-23)15-17-5-3-2-4-6-17/h2-8,14,16,21H,9-13,15H2,1H3/t16-/m0/s1. The second-order valence-electron chi connectivity index (χ2n) is 7.23. The van der Waals surface area contributed by atoms with Crippen LogP contribution in [0.4, 0.5) is 5.69 Å². The van der Waals surface area contributed by atoms with E-state index in [0.29, 0.717) is 24.0 Å². The van der Waals surface area contributed by atoms with Gasteiger partial charge in [-0.1, -0.05) is 30.3 Å². The number of sulfonamides is 1. The molecule has 2 aliphatic heterocycles. The molecular formula is C20H25N3O2S. The van der Waals surface area contributed by atoms with Crippen LogP contribution >= 0.6 is 0 Å². The first-order chi connectivity index (χ1) is 12.5. The maximum absolute atomic E-state index is 13.0. The lowest BCUT2D eigenvalue weighted by molar-refractivity contribution is 0.181. The number of nitrogens with one attached hydrogen (secondary N) is 1. The summed E-state index contributed by atoms with van der Waals surface area (Å²) in [5, 5.41) is 3.37. The van der Waals surface area contributed by atoms with Gasteiger partial charge in [0.05, 0.1) is 4.90 Å². The Bertz CT molecular complexity index is 875. The number of hydrogen-bond acceptors (Lipinski definition) is 4. The van der Waals surface area contributed by atoms with Crippen LogP contribution in [-0.4, -0.2) is 49.8 Å². The van der Waals surface area contributed by atoms with Crippen molar-refractivity contribution < 1.29 is 8.42 Å². The average molecular weight is 372 g/mol. The summed E-state index contributed by atoms with van der Waals surface area (Å²) in [6.45, 7) is 5.59. The Labute approximate surface area is 155 Å². The molecule has 2 aromatic rings. The monoisotopic (exact) mass is 371 g/mol. The predicted octanol–water partition coefficient (Wildman–Crippen LogP) is 2.55. The van der Waals surface area contributed by atoms with E-state index in [2.05, 4.69) is 29.3 Å². The molecule has 0 spiro atoms. The van der Waals surface area contributed by atoms with Crippen LogP contribution in [0.1, 0.15) is 18.1 Å². The number of benzene rings is 2. The highest BCUT2D eigenvalue weighted by molar-refractivity contribution is 7.89. The fourth-order valence-corrected chi connectivity index (χ4v) is 5.28. The summed E-state index contributed by atoms with van der Waals surface area (Å²) in [4.78, 5) is 2.74. The zero-order valence-electron chi connectivity index (χ0n) is 15.1. The molecule has 1 N–H and O–H groups in total. The molecule has 0 unspecified atom stereocenters. The molecule has 2 aliphatic rings. The first kappa shape index (κ1) is 17.5. The van der Waals surface area contributed by atoms with Gasteiger partial charge in [0.2, 0.25) is 10.0 Å². The van der Waals surface area contributed by atoms with E-state index in [1.807, 2.05) is 30.3 Å². The minimum absolute atomic E-state index is 0.365. The number of anilines is 1. The van der Waals surface area contributed by atoms with Crippen LogP contribution in [0.15, 0.2) is 53.4 Å². The number of hydrogen-bond donors (Lipinski definition) is 1. The number of nitrogens with zero attached hydrogens (tertiary/aromatic N) is 2. The van der Waals surface area contributed by atoms with Crippen molar-refractivity contribution in [3.63, 3.8) is 0 Å². The Morgan fingerprint density at radius 1 is 1.04 bits per heavy atom. The second kappa shape index (κ2) is 7.02. The van der Waals surface area contributed by atoms with E-state index in [9.17, 15) is 8.42 Å². The van der Waals surface area contributed by atoms with Crippen molar-refractivity contribution in [1.29, 1.82) is 0 Å². The lowest BCUT2D eigenvalue weighted by atomic mass is 10.1. The van der Waals surface area contributed by atoms with Gasteiger partial charge in [-0.2, -0.15) is 4.31 Å². The summed E-state index contributed by atoms with van der Waals surface area (Å²) >= 11 is 0. The molecule has 0 bridgehead atoms. The molecule has 2 heterocycles. The zero-order valence-corrected chi connectivity index (χ0v) is 15.9. The summed E-state index contributed by atoms with van der Waals surface area (Å²) in [5.74, 6) is 0. The molecule has 0 amide bonds. The van der Waals surface area contributed by atoms with E-state index in [-0.39, 0.29) is 0 Å². The molecule has 5 nitrogen and oxygen atoms in total. The normalized spacial score (nSPS) is 21.3. The molecule has 0 radical (unpaired) electrons. The van der Waals surface area contributed by atoms with Crippen LogP contribution in [0.25, 0.3) is 0 Å². The Morgan fingerprint density at radius 3 is 2.50 bits per heavy atom. The smallest absolute Gasteiger partial charge is 0.243 e. The Kier molecular flexibility index (Phi) is 4.73. The third-order valence-electron chi connectivity index (χ3n) is 5.22. The molecule has 0 aromatic heterocycles. The summed E-state index contributed by atoms with van der Waals surface area (Å²) < 4.78 is 27.7. The van der Waals surface area contributed by atoms with Gasteiger partial charge in [-0.3, -0.25) is 4.90 Å². The Balaban J connectivity index is 1.43. The van der Waals surface area contributed by atoms with Crippen molar-refractivity contribution in [2.45, 2.75) is 30.8 Å². The molecule has 6 heteroatoms. The minimum atomic E-state index is -3.42. The molecule has 138 valence electrons. The van der Waals surface area contributed by atoms with E-state index >= 15 is 0 Å². The highest BCUT2D eigenvalue weighted by Crippen LogP contribution is 2.29. The Morgan fingerprint density at radius 2 is 1.77 bits per heavy atom. The summed E-state index contributed by atoms with van der Waals surface area (Å²) in [6, 6.07) is 16.2. The van der Waals surface area contributed by atoms with Crippen LogP contribution in [0.2, 0.25) is 0 Å². The fraction of sp³-hybridized carbons (Fsp3) is 0.400. The number of piperazine rings is 1. The third-order valence-corrected chi connectivity index (χ3v) is 7.12. The molecule has 1 fully saturated rings. The van der Waals surface area contributed by atoms with Crippen LogP contribution in [-0.2, 0) is 23.0 Å². The summed E-state index contributed by atoms with van der Waals surface area (Å²) in [6.07, 6.45) is 0.879. The zero-order chi connectivity index (χ0) is 18.1. The van der Waals surface area contributed by atoms with Crippen molar-refractivity contribution in [2.24, 2.45) is 0 Å². The lowest BCUT2D eigenvalue weighted by Gasteiger charge is -2.34. The molecule has 0 aliphatic carbocycles. The van der Waals surface area contributed by atoms with E-state index < -0.39 is 10.0 Å². The molecular weight excluding hydrogens is 346 g/mol. The van der Waals surface area contributed by atoms with Gasteiger partial charge in [0.1, 0.15) is 0 Å². The predicted molar refractivity (Wildman–Crippen MR) is 104 cm³/mol. The fourth-order valence-electron chi connectivity index (χ4n) is 3.81. The van der Waals surface area contributed by atoms with Crippen molar-refractivity contribution in [3.05, 3.63) is 59.7 Å². The van der Waals surface area contributed by atoms with Gasteiger partial charge in [-0.15, -0.1) is 0 Å². The maximum atomic E-state index is 13.0. The average Bonchev–Trinajstić information content (AvgIpc) is 3.02. The molecule has 4 rings (SSSR count). The summed E-state index contributed by atoms with van der Waals surface area (Å²) in [5.41, 5.74) is 3.43. The van der Waals surface area contributed by atoms with Crippen LogP contribution in [0.3, 0.4) is 0 Å². The second-order valence-corrected chi connectivity index (χ2v) is 9.17. The van der Waals surface area contributed by atoms with E-state index in [1.165, 1.54) is 5.56 Å². The van der Waals surface area contributed by atoms with Gasteiger partial charge < -0.3 is 5.32 Å².